The molecule has 0 aliphatic carbocycles. The lowest BCUT2D eigenvalue weighted by molar-refractivity contribution is -0.120. The molecule has 1 aliphatic rings. The molecule has 0 unspecified atom stereocenters. The zero-order valence-corrected chi connectivity index (χ0v) is 21.1. The highest BCUT2D eigenvalue weighted by Crippen LogP contribution is 2.27. The molecule has 1 fully saturated rings. The second-order valence-electron chi connectivity index (χ2n) is 9.59. The second-order valence-corrected chi connectivity index (χ2v) is 11.5. The van der Waals surface area contributed by atoms with Crippen LogP contribution in [-0.4, -0.2) is 49.0 Å². The van der Waals surface area contributed by atoms with E-state index in [4.69, 9.17) is 9.26 Å². The number of carbonyl (C=O) groups is 1. The maximum Gasteiger partial charge on any atom is 0.243 e. The van der Waals surface area contributed by atoms with E-state index in [9.17, 15) is 13.2 Å². The van der Waals surface area contributed by atoms with Crippen LogP contribution in [0.25, 0.3) is 11.4 Å². The summed E-state index contributed by atoms with van der Waals surface area (Å²) in [6.45, 7) is 6.59. The van der Waals surface area contributed by atoms with Gasteiger partial charge in [0.2, 0.25) is 27.6 Å². The molecule has 0 bridgehead atoms. The molecule has 1 aromatic heterocycles. The van der Waals surface area contributed by atoms with Crippen LogP contribution in [0.1, 0.15) is 39.5 Å². The van der Waals surface area contributed by atoms with Crippen LogP contribution < -0.4 is 10.1 Å². The van der Waals surface area contributed by atoms with Crippen LogP contribution in [0.3, 0.4) is 0 Å². The lowest BCUT2D eigenvalue weighted by Crippen LogP contribution is -2.41. The Morgan fingerprint density at radius 3 is 2.23 bits per heavy atom. The fourth-order valence-corrected chi connectivity index (χ4v) is 5.32. The molecule has 1 saturated heterocycles. The third-order valence-electron chi connectivity index (χ3n) is 6.00. The van der Waals surface area contributed by atoms with E-state index >= 15 is 0 Å². The number of amides is 1. The van der Waals surface area contributed by atoms with Crippen LogP contribution in [0.5, 0.6) is 5.75 Å². The highest BCUT2D eigenvalue weighted by molar-refractivity contribution is 7.89. The van der Waals surface area contributed by atoms with Gasteiger partial charge in [0.1, 0.15) is 5.75 Å². The van der Waals surface area contributed by atoms with Gasteiger partial charge in [0.25, 0.3) is 0 Å². The quantitative estimate of drug-likeness (QED) is 0.544. The van der Waals surface area contributed by atoms with E-state index in [1.165, 1.54) is 23.5 Å². The number of hydrogen-bond donors (Lipinski definition) is 1. The van der Waals surface area contributed by atoms with Gasteiger partial charge in [-0.05, 0) is 61.4 Å². The molecule has 0 radical (unpaired) electrons. The molecule has 1 amide bonds. The summed E-state index contributed by atoms with van der Waals surface area (Å²) in [7, 11) is -2.08. The molecule has 4 rings (SSSR count). The van der Waals surface area contributed by atoms with Gasteiger partial charge in [0.15, 0.2) is 0 Å². The molecule has 1 aliphatic heterocycles. The number of rotatable bonds is 6. The first-order chi connectivity index (χ1) is 16.6. The van der Waals surface area contributed by atoms with Crippen molar-refractivity contribution in [1.82, 2.24) is 14.4 Å². The third-order valence-corrected chi connectivity index (χ3v) is 7.91. The minimum atomic E-state index is -3.61. The van der Waals surface area contributed by atoms with Crippen LogP contribution in [0.15, 0.2) is 57.9 Å². The van der Waals surface area contributed by atoms with Gasteiger partial charge in [-0.15, -0.1) is 0 Å². The summed E-state index contributed by atoms with van der Waals surface area (Å²) in [5.41, 5.74) is 1.22. The summed E-state index contributed by atoms with van der Waals surface area (Å²) in [5, 5.41) is 6.97. The Balaban J connectivity index is 1.33. The van der Waals surface area contributed by atoms with Gasteiger partial charge >= 0.3 is 0 Å². The topological polar surface area (TPSA) is 115 Å². The summed E-state index contributed by atoms with van der Waals surface area (Å²) >= 11 is 0. The first kappa shape index (κ1) is 24.9. The Labute approximate surface area is 205 Å². The third kappa shape index (κ3) is 5.54. The summed E-state index contributed by atoms with van der Waals surface area (Å²) in [6.07, 6.45) is 0.912. The fourth-order valence-electron chi connectivity index (χ4n) is 3.85. The zero-order valence-electron chi connectivity index (χ0n) is 20.3. The summed E-state index contributed by atoms with van der Waals surface area (Å²) in [6, 6.07) is 13.6. The SMILES string of the molecule is COc1ccc(S(=O)(=O)N2CCC(C(=O)Nc3ccc(-c4noc(C(C)(C)C)n4)cc3)CC2)cc1. The predicted octanol–water partition coefficient (Wildman–Crippen LogP) is 4.08. The zero-order chi connectivity index (χ0) is 25.2. The largest absolute Gasteiger partial charge is 0.497 e. The molecular weight excluding hydrogens is 468 g/mol. The van der Waals surface area contributed by atoms with Gasteiger partial charge in [-0.3, -0.25) is 4.79 Å². The predicted molar refractivity (Wildman–Crippen MR) is 132 cm³/mol. The minimum absolute atomic E-state index is 0.117. The molecule has 0 atom stereocenters. The normalized spacial score (nSPS) is 15.7. The number of nitrogens with one attached hydrogen (secondary N) is 1. The highest BCUT2D eigenvalue weighted by Gasteiger charge is 2.32. The van der Waals surface area contributed by atoms with Gasteiger partial charge < -0.3 is 14.6 Å². The van der Waals surface area contributed by atoms with Crippen molar-refractivity contribution in [3.05, 3.63) is 54.4 Å². The Hall–Kier alpha value is -3.24. The van der Waals surface area contributed by atoms with Gasteiger partial charge in [-0.2, -0.15) is 9.29 Å². The number of carbonyl (C=O) groups excluding carboxylic acids is 1. The number of nitrogens with zero attached hydrogens (tertiary/aromatic N) is 3. The summed E-state index contributed by atoms with van der Waals surface area (Å²) < 4.78 is 37.7. The highest BCUT2D eigenvalue weighted by atomic mass is 32.2. The number of aromatic nitrogens is 2. The molecule has 2 heterocycles. The van der Waals surface area contributed by atoms with Crippen molar-refractivity contribution in [1.29, 1.82) is 0 Å². The van der Waals surface area contributed by atoms with Crippen LogP contribution in [0.2, 0.25) is 0 Å². The first-order valence-corrected chi connectivity index (χ1v) is 12.9. The van der Waals surface area contributed by atoms with Gasteiger partial charge in [0.05, 0.1) is 12.0 Å². The number of benzene rings is 2. The van der Waals surface area contributed by atoms with E-state index in [0.717, 1.165) is 5.56 Å². The minimum Gasteiger partial charge on any atom is -0.497 e. The van der Waals surface area contributed by atoms with Crippen LogP contribution in [-0.2, 0) is 20.2 Å². The molecule has 2 aromatic carbocycles. The molecule has 9 nitrogen and oxygen atoms in total. The molecule has 3 aromatic rings. The van der Waals surface area contributed by atoms with Crippen LogP contribution in [0, 0.1) is 5.92 Å². The van der Waals surface area contributed by atoms with E-state index in [1.54, 1.807) is 24.3 Å². The Bertz CT molecular complexity index is 1270. The lowest BCUT2D eigenvalue weighted by atomic mass is 9.97. The first-order valence-electron chi connectivity index (χ1n) is 11.5. The van der Waals surface area contributed by atoms with Gasteiger partial charge in [-0.25, -0.2) is 8.42 Å². The van der Waals surface area contributed by atoms with Crippen LogP contribution in [0.4, 0.5) is 5.69 Å². The molecule has 35 heavy (non-hydrogen) atoms. The average Bonchev–Trinajstić information content (AvgIpc) is 3.36. The van der Waals surface area contributed by atoms with Crippen molar-refractivity contribution >= 4 is 21.6 Å². The molecule has 186 valence electrons. The number of ether oxygens (including phenoxy) is 1. The average molecular weight is 499 g/mol. The van der Waals surface area contributed by atoms with Crippen molar-refractivity contribution in [2.45, 2.75) is 43.9 Å². The Morgan fingerprint density at radius 2 is 1.69 bits per heavy atom. The number of hydrogen-bond acceptors (Lipinski definition) is 7. The van der Waals surface area contributed by atoms with Gasteiger partial charge in [-0.1, -0.05) is 25.9 Å². The monoisotopic (exact) mass is 498 g/mol. The second kappa shape index (κ2) is 9.79. The fraction of sp³-hybridized carbons (Fsp3) is 0.400. The molecule has 10 heteroatoms. The summed E-state index contributed by atoms with van der Waals surface area (Å²) in [4.78, 5) is 17.5. The lowest BCUT2D eigenvalue weighted by Gasteiger charge is -2.30. The van der Waals surface area contributed by atoms with Gasteiger partial charge in [0, 0.05) is 35.7 Å². The van der Waals surface area contributed by atoms with E-state index in [1.807, 2.05) is 32.9 Å². The van der Waals surface area contributed by atoms with E-state index in [-0.39, 0.29) is 22.1 Å². The smallest absolute Gasteiger partial charge is 0.243 e. The van der Waals surface area contributed by atoms with Crippen molar-refractivity contribution in [2.24, 2.45) is 5.92 Å². The van der Waals surface area contributed by atoms with E-state index in [0.29, 0.717) is 49.1 Å². The Morgan fingerprint density at radius 1 is 1.06 bits per heavy atom. The Kier molecular flexibility index (Phi) is 6.95. The number of piperidine rings is 1. The maximum atomic E-state index is 12.9. The molecular formula is C25H30N4O5S. The van der Waals surface area contributed by atoms with Crippen molar-refractivity contribution in [3.8, 4) is 17.1 Å². The van der Waals surface area contributed by atoms with E-state index < -0.39 is 10.0 Å². The van der Waals surface area contributed by atoms with Crippen molar-refractivity contribution < 1.29 is 22.5 Å². The number of methoxy groups -OCH3 is 1. The van der Waals surface area contributed by atoms with Crippen molar-refractivity contribution in [3.63, 3.8) is 0 Å². The van der Waals surface area contributed by atoms with Crippen molar-refractivity contribution in [2.75, 3.05) is 25.5 Å². The standard InChI is InChI=1S/C25H30N4O5S/c1-25(2,3)24-27-22(28-34-24)17-5-7-19(8-6-17)26-23(30)18-13-15-29(16-14-18)35(31,32)21-11-9-20(33-4)10-12-21/h5-12,18H,13-16H2,1-4H3,(H,26,30). The summed E-state index contributed by atoms with van der Waals surface area (Å²) in [5.74, 6) is 1.28. The molecule has 1 N–H and O–H groups in total. The number of anilines is 1. The molecule has 0 spiro atoms. The van der Waals surface area contributed by atoms with E-state index in [2.05, 4.69) is 15.5 Å². The van der Waals surface area contributed by atoms with Crippen LogP contribution >= 0.6 is 0 Å². The number of sulfonamides is 1. The molecule has 0 saturated carbocycles. The maximum absolute atomic E-state index is 12.9.